The Kier molecular flexibility index (Phi) is 8.51. The summed E-state index contributed by atoms with van der Waals surface area (Å²) in [5, 5.41) is 20.0. The highest BCUT2D eigenvalue weighted by atomic mass is 31.3. The smallest absolute Gasteiger partial charge is 0.478 e. The number of phenols is 2. The number of phenolic OH excluding ortho intramolecular Hbond substituents is 2. The van der Waals surface area contributed by atoms with Gasteiger partial charge in [-0.1, -0.05) is 50.2 Å². The summed E-state index contributed by atoms with van der Waals surface area (Å²) < 4.78 is 22.2. The summed E-state index contributed by atoms with van der Waals surface area (Å²) in [6, 6.07) is 19.3. The molecule has 9 nitrogen and oxygen atoms in total. The lowest BCUT2D eigenvalue weighted by atomic mass is 9.77. The molecule has 0 fully saturated rings. The third kappa shape index (κ3) is 7.52. The van der Waals surface area contributed by atoms with Gasteiger partial charge in [0, 0.05) is 11.0 Å². The van der Waals surface area contributed by atoms with Crippen molar-refractivity contribution in [2.75, 3.05) is 0 Å². The van der Waals surface area contributed by atoms with Gasteiger partial charge in [0.25, 0.3) is 0 Å². The van der Waals surface area contributed by atoms with Crippen LogP contribution in [0.15, 0.2) is 60.7 Å². The predicted octanol–water partition coefficient (Wildman–Crippen LogP) is 4.90. The zero-order valence-corrected chi connectivity index (χ0v) is 20.9. The number of aromatic hydroxyl groups is 2. The molecule has 11 heteroatoms. The number of phosphoric acid groups is 2. The van der Waals surface area contributed by atoms with E-state index in [4.69, 9.17) is 19.6 Å². The van der Waals surface area contributed by atoms with E-state index < -0.39 is 15.6 Å². The number of benzene rings is 3. The van der Waals surface area contributed by atoms with E-state index in [1.807, 2.05) is 24.3 Å². The van der Waals surface area contributed by atoms with Gasteiger partial charge in [0.15, 0.2) is 0 Å². The number of hydrogen-bond acceptors (Lipinski definition) is 5. The van der Waals surface area contributed by atoms with E-state index in [2.05, 4.69) is 50.2 Å². The molecule has 3 aromatic rings. The first kappa shape index (κ1) is 27.8. The van der Waals surface area contributed by atoms with E-state index in [1.54, 1.807) is 18.2 Å². The van der Waals surface area contributed by atoms with Gasteiger partial charge < -0.3 is 29.8 Å². The summed E-state index contributed by atoms with van der Waals surface area (Å²) in [5.74, 6) is 0.556. The molecule has 0 radical (unpaired) electrons. The molecule has 0 spiro atoms. The van der Waals surface area contributed by atoms with Crippen LogP contribution in [0.3, 0.4) is 0 Å². The molecule has 0 atom stereocenters. The first-order chi connectivity index (χ1) is 15.5. The molecule has 0 aromatic heterocycles. The SMILES string of the molecule is Cc1cccc(-c2cc(C(C)(C)c3ccc(O)cc3)ccc2O)c1C.O=P(O)(O)OP(=O)(O)O. The first-order valence-electron chi connectivity index (χ1n) is 10.0. The second-order valence-electron chi connectivity index (χ2n) is 8.21. The Morgan fingerprint density at radius 3 is 1.76 bits per heavy atom. The summed E-state index contributed by atoms with van der Waals surface area (Å²) in [4.78, 5) is 31.0. The van der Waals surface area contributed by atoms with Gasteiger partial charge in [-0.25, -0.2) is 9.13 Å². The fourth-order valence-corrected chi connectivity index (χ4v) is 4.48. The minimum Gasteiger partial charge on any atom is -0.508 e. The molecular formula is C23H28O9P2. The average Bonchev–Trinajstić information content (AvgIpc) is 2.68. The third-order valence-electron chi connectivity index (χ3n) is 5.41. The molecule has 0 aliphatic heterocycles. The van der Waals surface area contributed by atoms with Crippen molar-refractivity contribution >= 4 is 15.6 Å². The van der Waals surface area contributed by atoms with Gasteiger partial charge in [-0.3, -0.25) is 0 Å². The van der Waals surface area contributed by atoms with Crippen LogP contribution < -0.4 is 0 Å². The fraction of sp³-hybridized carbons (Fsp3) is 0.217. The van der Waals surface area contributed by atoms with Crippen molar-refractivity contribution in [2.24, 2.45) is 0 Å². The Labute approximate surface area is 197 Å². The van der Waals surface area contributed by atoms with Gasteiger partial charge >= 0.3 is 15.6 Å². The predicted molar refractivity (Wildman–Crippen MR) is 128 cm³/mol. The Hall–Kier alpha value is -2.48. The maximum Gasteiger partial charge on any atom is 0.478 e. The summed E-state index contributed by atoms with van der Waals surface area (Å²) in [5.41, 5.74) is 6.28. The number of aryl methyl sites for hydroxylation is 1. The zero-order valence-electron chi connectivity index (χ0n) is 19.1. The van der Waals surface area contributed by atoms with Crippen LogP contribution in [0.2, 0.25) is 0 Å². The van der Waals surface area contributed by atoms with Crippen LogP contribution in [0.25, 0.3) is 11.1 Å². The van der Waals surface area contributed by atoms with E-state index in [0.717, 1.165) is 22.3 Å². The van der Waals surface area contributed by atoms with Gasteiger partial charge in [-0.05, 0) is 65.9 Å². The molecular weight excluding hydrogens is 482 g/mol. The maximum atomic E-state index is 10.4. The monoisotopic (exact) mass is 510 g/mol. The summed E-state index contributed by atoms with van der Waals surface area (Å²) in [7, 11) is -10.1. The van der Waals surface area contributed by atoms with Crippen LogP contribution in [0, 0.1) is 13.8 Å². The lowest BCUT2D eigenvalue weighted by Crippen LogP contribution is -2.18. The Balaban J connectivity index is 0.000000387. The maximum absolute atomic E-state index is 10.4. The van der Waals surface area contributed by atoms with Crippen LogP contribution in [0.4, 0.5) is 0 Å². The molecule has 184 valence electrons. The summed E-state index contributed by atoms with van der Waals surface area (Å²) in [6.07, 6.45) is 0. The van der Waals surface area contributed by atoms with Crippen LogP contribution in [0.5, 0.6) is 11.5 Å². The van der Waals surface area contributed by atoms with E-state index >= 15 is 0 Å². The lowest BCUT2D eigenvalue weighted by molar-refractivity contribution is 0.225. The molecule has 3 rings (SSSR count). The highest BCUT2D eigenvalue weighted by Gasteiger charge is 2.28. The molecule has 0 aliphatic rings. The van der Waals surface area contributed by atoms with Crippen molar-refractivity contribution in [1.29, 1.82) is 0 Å². The van der Waals surface area contributed by atoms with E-state index in [1.165, 1.54) is 11.1 Å². The Bertz CT molecular complexity index is 1220. The van der Waals surface area contributed by atoms with Gasteiger partial charge in [0.2, 0.25) is 0 Å². The fourth-order valence-electron chi connectivity index (χ4n) is 3.37. The second kappa shape index (κ2) is 10.4. The molecule has 0 aliphatic carbocycles. The number of rotatable bonds is 5. The van der Waals surface area contributed by atoms with Crippen molar-refractivity contribution in [1.82, 2.24) is 0 Å². The van der Waals surface area contributed by atoms with Gasteiger partial charge in [-0.2, -0.15) is 4.31 Å². The number of hydrogen-bond donors (Lipinski definition) is 6. The Morgan fingerprint density at radius 1 is 0.735 bits per heavy atom. The minimum atomic E-state index is -5.05. The van der Waals surface area contributed by atoms with Crippen LogP contribution in [-0.4, -0.2) is 29.8 Å². The van der Waals surface area contributed by atoms with Crippen molar-refractivity contribution in [2.45, 2.75) is 33.1 Å². The molecule has 0 saturated heterocycles. The van der Waals surface area contributed by atoms with Crippen molar-refractivity contribution in [3.63, 3.8) is 0 Å². The molecule has 0 saturated carbocycles. The minimum absolute atomic E-state index is 0.242. The van der Waals surface area contributed by atoms with Crippen molar-refractivity contribution < 1.29 is 43.2 Å². The molecule has 0 amide bonds. The third-order valence-corrected chi connectivity index (χ3v) is 7.12. The van der Waals surface area contributed by atoms with E-state index in [9.17, 15) is 19.3 Å². The molecule has 3 aromatic carbocycles. The van der Waals surface area contributed by atoms with E-state index in [0.29, 0.717) is 5.75 Å². The van der Waals surface area contributed by atoms with Gasteiger partial charge in [0.05, 0.1) is 0 Å². The summed E-state index contributed by atoms with van der Waals surface area (Å²) >= 11 is 0. The molecule has 0 bridgehead atoms. The highest BCUT2D eigenvalue weighted by molar-refractivity contribution is 7.60. The van der Waals surface area contributed by atoms with Crippen molar-refractivity contribution in [3.05, 3.63) is 82.9 Å². The Morgan fingerprint density at radius 2 is 1.26 bits per heavy atom. The highest BCUT2D eigenvalue weighted by Crippen LogP contribution is 2.53. The molecule has 0 unspecified atom stereocenters. The molecule has 6 N–H and O–H groups in total. The quantitative estimate of drug-likeness (QED) is 0.262. The zero-order chi connectivity index (χ0) is 25.9. The molecule has 34 heavy (non-hydrogen) atoms. The van der Waals surface area contributed by atoms with Crippen LogP contribution >= 0.6 is 15.6 Å². The average molecular weight is 510 g/mol. The lowest BCUT2D eigenvalue weighted by Gasteiger charge is -2.27. The van der Waals surface area contributed by atoms with Crippen molar-refractivity contribution in [3.8, 4) is 22.6 Å². The summed E-state index contributed by atoms with van der Waals surface area (Å²) in [6.45, 7) is 8.47. The second-order valence-corrected chi connectivity index (χ2v) is 10.8. The van der Waals surface area contributed by atoms with Gasteiger partial charge in [0.1, 0.15) is 11.5 Å². The van der Waals surface area contributed by atoms with Crippen LogP contribution in [0.1, 0.15) is 36.1 Å². The van der Waals surface area contributed by atoms with Crippen LogP contribution in [-0.2, 0) is 18.9 Å². The van der Waals surface area contributed by atoms with E-state index in [-0.39, 0.29) is 11.2 Å². The standard InChI is InChI=1S/C23H24O2.H4O7P2/c1-15-6-5-7-20(16(15)2)21-14-18(10-13-22(21)25)23(3,4)17-8-11-19(24)12-9-17;1-8(2,3)7-9(4,5)6/h5-14,24-25H,1-4H3;(H2,1,2,3)(H2,4,5,6). The largest absolute Gasteiger partial charge is 0.508 e. The first-order valence-corrected chi connectivity index (χ1v) is 13.1. The molecule has 0 heterocycles. The van der Waals surface area contributed by atoms with Gasteiger partial charge in [-0.15, -0.1) is 0 Å². The topological polar surface area (TPSA) is 165 Å². The normalized spacial score (nSPS) is 12.1.